The maximum atomic E-state index is 10.2. The van der Waals surface area contributed by atoms with Crippen molar-refractivity contribution in [3.63, 3.8) is 0 Å². The first-order chi connectivity index (χ1) is 3.29. The van der Waals surface area contributed by atoms with Gasteiger partial charge in [0.2, 0.25) is 0 Å². The minimum Gasteiger partial charge on any atom is -0.342 e. The van der Waals surface area contributed by atoms with E-state index in [2.05, 4.69) is 11.9 Å². The molecule has 0 aromatic carbocycles. The molecule has 1 saturated heterocycles. The predicted octanol–water partition coefficient (Wildman–Crippen LogP) is 0.956. The lowest BCUT2D eigenvalue weighted by Crippen LogP contribution is -2.09. The Bertz CT molecular complexity index is 107. The van der Waals surface area contributed by atoms with Crippen LogP contribution in [0.25, 0.3) is 0 Å². The molecule has 3 heteroatoms. The normalized spacial score (nSPS) is 20.0. The van der Waals surface area contributed by atoms with Crippen LogP contribution in [0.3, 0.4) is 0 Å². The van der Waals surface area contributed by atoms with Gasteiger partial charge in [0.25, 0.3) is 5.24 Å². The zero-order valence-electron chi connectivity index (χ0n) is 3.73. The third-order valence-corrected chi connectivity index (χ3v) is 1.43. The number of hydrogen-bond donors (Lipinski definition) is 1. The van der Waals surface area contributed by atoms with Crippen molar-refractivity contribution in [2.75, 3.05) is 6.54 Å². The van der Waals surface area contributed by atoms with E-state index in [9.17, 15) is 4.79 Å². The van der Waals surface area contributed by atoms with Gasteiger partial charge in [0, 0.05) is 11.4 Å². The number of thioether (sulfide) groups is 1. The van der Waals surface area contributed by atoms with Crippen LogP contribution in [0.5, 0.6) is 0 Å². The average Bonchev–Trinajstić information content (AvgIpc) is 1.87. The molecule has 1 N–H and O–H groups in total. The molecule has 1 aliphatic rings. The number of amides is 1. The number of hydrogen-bond acceptors (Lipinski definition) is 2. The Labute approximate surface area is 46.0 Å². The van der Waals surface area contributed by atoms with E-state index in [0.29, 0.717) is 6.54 Å². The van der Waals surface area contributed by atoms with Crippen molar-refractivity contribution in [1.29, 1.82) is 0 Å². The highest BCUT2D eigenvalue weighted by molar-refractivity contribution is 8.17. The lowest BCUT2D eigenvalue weighted by molar-refractivity contribution is 0.262. The van der Waals surface area contributed by atoms with Gasteiger partial charge >= 0.3 is 0 Å². The molecule has 0 unspecified atom stereocenters. The van der Waals surface area contributed by atoms with Crippen LogP contribution in [-0.2, 0) is 0 Å². The summed E-state index contributed by atoms with van der Waals surface area (Å²) in [4.78, 5) is 11.2. The highest BCUT2D eigenvalue weighted by atomic mass is 32.2. The molecule has 0 aromatic heterocycles. The molecule has 1 heterocycles. The van der Waals surface area contributed by atoms with E-state index in [1.54, 1.807) is 0 Å². The van der Waals surface area contributed by atoms with Crippen LogP contribution in [0.1, 0.15) is 0 Å². The summed E-state index contributed by atoms with van der Waals surface area (Å²) in [6.45, 7) is 4.23. The first kappa shape index (κ1) is 4.71. The summed E-state index contributed by atoms with van der Waals surface area (Å²) in [6, 6.07) is 0. The zero-order valence-corrected chi connectivity index (χ0v) is 4.55. The fourth-order valence-corrected chi connectivity index (χ4v) is 0.925. The fraction of sp³-hybridized carbons (Fsp3) is 0.250. The van der Waals surface area contributed by atoms with Gasteiger partial charge in [0.15, 0.2) is 0 Å². The third-order valence-electron chi connectivity index (χ3n) is 0.667. The van der Waals surface area contributed by atoms with Gasteiger partial charge in [-0.15, -0.1) is 0 Å². The molecule has 0 atom stereocenters. The van der Waals surface area contributed by atoms with Crippen molar-refractivity contribution < 1.29 is 4.79 Å². The largest absolute Gasteiger partial charge is 0.342 e. The van der Waals surface area contributed by atoms with Crippen molar-refractivity contribution in [2.45, 2.75) is 0 Å². The fourth-order valence-electron chi connectivity index (χ4n) is 0.374. The molecule has 0 aromatic rings. The molecule has 0 aliphatic carbocycles. The summed E-state index contributed by atoms with van der Waals surface area (Å²) in [7, 11) is 0. The molecule has 1 aliphatic heterocycles. The van der Waals surface area contributed by atoms with Crippen LogP contribution in [0.4, 0.5) is 4.79 Å². The Kier molecular flexibility index (Phi) is 1.06. The maximum Gasteiger partial charge on any atom is 0.283 e. The second-order valence-electron chi connectivity index (χ2n) is 1.28. The smallest absolute Gasteiger partial charge is 0.283 e. The molecule has 0 spiro atoms. The van der Waals surface area contributed by atoms with Crippen molar-refractivity contribution in [3.8, 4) is 0 Å². The van der Waals surface area contributed by atoms with Crippen LogP contribution in [0, 0.1) is 0 Å². The van der Waals surface area contributed by atoms with Crippen LogP contribution < -0.4 is 5.32 Å². The first-order valence-electron chi connectivity index (χ1n) is 1.92. The number of nitrogens with one attached hydrogen (secondary N) is 1. The third kappa shape index (κ3) is 0.962. The van der Waals surface area contributed by atoms with Crippen LogP contribution in [0.2, 0.25) is 0 Å². The van der Waals surface area contributed by atoms with Crippen LogP contribution in [-0.4, -0.2) is 11.8 Å². The van der Waals surface area contributed by atoms with E-state index in [1.807, 2.05) is 0 Å². The minimum absolute atomic E-state index is 0.0185. The molecule has 7 heavy (non-hydrogen) atoms. The summed E-state index contributed by atoms with van der Waals surface area (Å²) in [5.74, 6) is 0. The summed E-state index contributed by atoms with van der Waals surface area (Å²) in [5.41, 5.74) is 0. The van der Waals surface area contributed by atoms with E-state index in [-0.39, 0.29) is 5.24 Å². The molecule has 0 bridgehead atoms. The second kappa shape index (κ2) is 1.58. The predicted molar refractivity (Wildman–Crippen MR) is 30.1 cm³/mol. The quantitative estimate of drug-likeness (QED) is 0.509. The molecular formula is C4H5NOS. The van der Waals surface area contributed by atoms with Gasteiger partial charge in [-0.1, -0.05) is 6.58 Å². The van der Waals surface area contributed by atoms with E-state index < -0.39 is 0 Å². The molecule has 1 rings (SSSR count). The highest BCUT2D eigenvalue weighted by Gasteiger charge is 2.11. The molecule has 2 nitrogen and oxygen atoms in total. The van der Waals surface area contributed by atoms with Gasteiger partial charge in [-0.3, -0.25) is 4.79 Å². The monoisotopic (exact) mass is 115 g/mol. The van der Waals surface area contributed by atoms with Gasteiger partial charge in [-0.05, 0) is 11.8 Å². The average molecular weight is 115 g/mol. The van der Waals surface area contributed by atoms with Gasteiger partial charge in [-0.25, -0.2) is 0 Å². The lowest BCUT2D eigenvalue weighted by Gasteiger charge is -1.78. The number of rotatable bonds is 0. The molecule has 1 fully saturated rings. The van der Waals surface area contributed by atoms with E-state index in [1.165, 1.54) is 11.8 Å². The van der Waals surface area contributed by atoms with Crippen LogP contribution >= 0.6 is 11.8 Å². The Morgan fingerprint density at radius 1 is 1.86 bits per heavy atom. The van der Waals surface area contributed by atoms with Gasteiger partial charge < -0.3 is 5.32 Å². The second-order valence-corrected chi connectivity index (χ2v) is 2.43. The summed E-state index contributed by atoms with van der Waals surface area (Å²) >= 11 is 1.18. The highest BCUT2D eigenvalue weighted by Crippen LogP contribution is 2.18. The Morgan fingerprint density at radius 3 is 2.71 bits per heavy atom. The van der Waals surface area contributed by atoms with Crippen molar-refractivity contribution in [1.82, 2.24) is 5.32 Å². The van der Waals surface area contributed by atoms with E-state index in [0.717, 1.165) is 4.91 Å². The van der Waals surface area contributed by atoms with E-state index in [4.69, 9.17) is 0 Å². The molecule has 1 amide bonds. The maximum absolute atomic E-state index is 10.2. The first-order valence-corrected chi connectivity index (χ1v) is 2.74. The summed E-state index contributed by atoms with van der Waals surface area (Å²) in [6.07, 6.45) is 0. The van der Waals surface area contributed by atoms with Gasteiger partial charge in [0.1, 0.15) is 0 Å². The molecule has 0 saturated carbocycles. The molecule has 0 radical (unpaired) electrons. The molecular weight excluding hydrogens is 110 g/mol. The topological polar surface area (TPSA) is 29.1 Å². The number of carbonyl (C=O) groups excluding carboxylic acids is 1. The Balaban J connectivity index is 2.55. The van der Waals surface area contributed by atoms with E-state index >= 15 is 0 Å². The minimum atomic E-state index is 0.0185. The Morgan fingerprint density at radius 2 is 2.57 bits per heavy atom. The van der Waals surface area contributed by atoms with Crippen molar-refractivity contribution >= 4 is 17.0 Å². The number of carbonyl (C=O) groups is 1. The zero-order chi connectivity index (χ0) is 5.28. The summed E-state index contributed by atoms with van der Waals surface area (Å²) in [5, 5.41) is 2.61. The summed E-state index contributed by atoms with van der Waals surface area (Å²) < 4.78 is 0. The van der Waals surface area contributed by atoms with Gasteiger partial charge in [0.05, 0.1) is 0 Å². The molecule has 38 valence electrons. The van der Waals surface area contributed by atoms with Crippen LogP contribution in [0.15, 0.2) is 11.5 Å². The lowest BCUT2D eigenvalue weighted by atomic mass is 10.6. The Hall–Kier alpha value is -0.440. The van der Waals surface area contributed by atoms with Crippen molar-refractivity contribution in [3.05, 3.63) is 11.5 Å². The standard InChI is InChI=1S/C4H5NOS/c1-3-2-5-4(6)7-3/h1-2H2,(H,5,6). The SMILES string of the molecule is C=C1CNC(=O)S1. The van der Waals surface area contributed by atoms with Crippen molar-refractivity contribution in [2.24, 2.45) is 0 Å². The van der Waals surface area contributed by atoms with Gasteiger partial charge in [-0.2, -0.15) is 0 Å².